The molecule has 2 atom stereocenters. The SMILES string of the molecule is Cl.NC(CNC(=O)C1CCCN1c1ncnc2sccc12)c1ccccc1. The number of nitrogens with zero attached hydrogens (tertiary/aromatic N) is 3. The summed E-state index contributed by atoms with van der Waals surface area (Å²) in [6.45, 7) is 1.25. The number of anilines is 1. The van der Waals surface area contributed by atoms with Crippen molar-refractivity contribution in [2.24, 2.45) is 5.73 Å². The second-order valence-corrected chi connectivity index (χ2v) is 7.35. The van der Waals surface area contributed by atoms with E-state index in [1.807, 2.05) is 41.8 Å². The van der Waals surface area contributed by atoms with Crippen molar-refractivity contribution in [1.29, 1.82) is 0 Å². The first-order valence-corrected chi connectivity index (χ1v) is 9.65. The van der Waals surface area contributed by atoms with Gasteiger partial charge in [0, 0.05) is 19.1 Å². The molecule has 3 N–H and O–H groups in total. The Balaban J connectivity index is 0.00000210. The summed E-state index contributed by atoms with van der Waals surface area (Å²) in [4.78, 5) is 24.6. The number of carbonyl (C=O) groups excluding carboxylic acids is 1. The number of nitrogens with one attached hydrogen (secondary N) is 1. The molecule has 1 saturated heterocycles. The summed E-state index contributed by atoms with van der Waals surface area (Å²) in [5.74, 6) is 0.858. The third kappa shape index (κ3) is 4.05. The average Bonchev–Trinajstić information content (AvgIpc) is 3.35. The van der Waals surface area contributed by atoms with E-state index < -0.39 is 0 Å². The van der Waals surface area contributed by atoms with E-state index in [2.05, 4.69) is 20.2 Å². The Morgan fingerprint density at radius 1 is 1.30 bits per heavy atom. The van der Waals surface area contributed by atoms with E-state index in [0.717, 1.165) is 41.0 Å². The van der Waals surface area contributed by atoms with Crippen LogP contribution in [-0.2, 0) is 4.79 Å². The van der Waals surface area contributed by atoms with E-state index in [1.54, 1.807) is 17.7 Å². The van der Waals surface area contributed by atoms with E-state index in [0.29, 0.717) is 6.54 Å². The van der Waals surface area contributed by atoms with E-state index in [1.165, 1.54) is 0 Å². The highest BCUT2D eigenvalue weighted by Gasteiger charge is 2.32. The number of benzene rings is 1. The van der Waals surface area contributed by atoms with Gasteiger partial charge in [0.05, 0.1) is 5.39 Å². The zero-order valence-electron chi connectivity index (χ0n) is 14.7. The minimum absolute atomic E-state index is 0. The number of carbonyl (C=O) groups is 1. The summed E-state index contributed by atoms with van der Waals surface area (Å²) in [5.41, 5.74) is 7.22. The number of thiophene rings is 1. The number of fused-ring (bicyclic) bond motifs is 1. The normalized spacial score (nSPS) is 17.5. The molecule has 1 aliphatic rings. The van der Waals surface area contributed by atoms with E-state index in [9.17, 15) is 4.79 Å². The monoisotopic (exact) mass is 403 g/mol. The summed E-state index contributed by atoms with van der Waals surface area (Å²) in [6.07, 6.45) is 3.37. The maximum atomic E-state index is 12.8. The molecule has 0 spiro atoms. The lowest BCUT2D eigenvalue weighted by Crippen LogP contribution is -2.45. The molecule has 2 unspecified atom stereocenters. The van der Waals surface area contributed by atoms with E-state index in [-0.39, 0.29) is 30.4 Å². The molecule has 1 amide bonds. The summed E-state index contributed by atoms with van der Waals surface area (Å²) in [5, 5.41) is 6.04. The van der Waals surface area contributed by atoms with Crippen LogP contribution in [0.25, 0.3) is 10.2 Å². The highest BCUT2D eigenvalue weighted by Crippen LogP contribution is 2.31. The minimum atomic E-state index is -0.212. The van der Waals surface area contributed by atoms with Crippen molar-refractivity contribution in [2.45, 2.75) is 24.9 Å². The van der Waals surface area contributed by atoms with Crippen LogP contribution in [0.5, 0.6) is 0 Å². The van der Waals surface area contributed by atoms with Gasteiger partial charge in [0.2, 0.25) is 5.91 Å². The summed E-state index contributed by atoms with van der Waals surface area (Å²) >= 11 is 1.59. The van der Waals surface area contributed by atoms with Gasteiger partial charge >= 0.3 is 0 Å². The van der Waals surface area contributed by atoms with Crippen LogP contribution >= 0.6 is 23.7 Å². The topological polar surface area (TPSA) is 84.1 Å². The van der Waals surface area contributed by atoms with Crippen LogP contribution in [0, 0.1) is 0 Å². The van der Waals surface area contributed by atoms with Gasteiger partial charge in [-0.25, -0.2) is 9.97 Å². The second kappa shape index (κ2) is 8.65. The Kier molecular flexibility index (Phi) is 6.26. The molecule has 3 aromatic rings. The number of aromatic nitrogens is 2. The molecular formula is C19H22ClN5OS. The van der Waals surface area contributed by atoms with E-state index in [4.69, 9.17) is 5.73 Å². The third-order valence-electron chi connectivity index (χ3n) is 4.79. The standard InChI is InChI=1S/C19H21N5OS.ClH/c20-15(13-5-2-1-3-6-13)11-21-18(25)16-7-4-9-24(16)17-14-8-10-26-19(14)23-12-22-17;/h1-3,5-6,8,10,12,15-16H,4,7,9,11,20H2,(H,21,25);1H. The fourth-order valence-corrected chi connectivity index (χ4v) is 4.17. The van der Waals surface area contributed by atoms with Crippen LogP contribution in [-0.4, -0.2) is 35.0 Å². The molecule has 1 aliphatic heterocycles. The Labute approximate surface area is 168 Å². The van der Waals surface area contributed by atoms with Crippen LogP contribution in [0.4, 0.5) is 5.82 Å². The van der Waals surface area contributed by atoms with Crippen LogP contribution in [0.15, 0.2) is 48.1 Å². The Morgan fingerprint density at radius 3 is 2.93 bits per heavy atom. The fourth-order valence-electron chi connectivity index (χ4n) is 3.45. The number of amides is 1. The molecule has 8 heteroatoms. The number of hydrogen-bond acceptors (Lipinski definition) is 6. The first-order valence-electron chi connectivity index (χ1n) is 8.77. The molecule has 1 fully saturated rings. The van der Waals surface area contributed by atoms with Gasteiger partial charge in [-0.1, -0.05) is 30.3 Å². The summed E-state index contributed by atoms with van der Waals surface area (Å²) in [7, 11) is 0. The number of hydrogen-bond donors (Lipinski definition) is 2. The number of rotatable bonds is 5. The van der Waals surface area contributed by atoms with Gasteiger partial charge in [0.1, 0.15) is 23.0 Å². The molecular weight excluding hydrogens is 382 g/mol. The molecule has 0 bridgehead atoms. The van der Waals surface area contributed by atoms with Crippen LogP contribution in [0.2, 0.25) is 0 Å². The van der Waals surface area contributed by atoms with Crippen molar-refractivity contribution in [3.8, 4) is 0 Å². The molecule has 1 aromatic carbocycles. The lowest BCUT2D eigenvalue weighted by Gasteiger charge is -2.26. The molecule has 0 radical (unpaired) electrons. The quantitative estimate of drug-likeness (QED) is 0.684. The first kappa shape index (κ1) is 19.5. The zero-order chi connectivity index (χ0) is 17.9. The van der Waals surface area contributed by atoms with Gasteiger partial charge in [-0.2, -0.15) is 0 Å². The van der Waals surface area contributed by atoms with E-state index >= 15 is 0 Å². The van der Waals surface area contributed by atoms with Gasteiger partial charge in [-0.15, -0.1) is 23.7 Å². The average molecular weight is 404 g/mol. The maximum Gasteiger partial charge on any atom is 0.242 e. The van der Waals surface area contributed by atoms with Gasteiger partial charge in [-0.3, -0.25) is 4.79 Å². The number of nitrogens with two attached hydrogens (primary N) is 1. The summed E-state index contributed by atoms with van der Waals surface area (Å²) in [6, 6.07) is 11.4. The molecule has 4 rings (SSSR count). The smallest absolute Gasteiger partial charge is 0.242 e. The van der Waals surface area contributed by atoms with Gasteiger partial charge in [-0.05, 0) is 29.9 Å². The lowest BCUT2D eigenvalue weighted by atomic mass is 10.1. The van der Waals surface area contributed by atoms with Crippen molar-refractivity contribution in [2.75, 3.05) is 18.0 Å². The molecule has 3 heterocycles. The van der Waals surface area contributed by atoms with Crippen LogP contribution < -0.4 is 16.0 Å². The predicted octanol–water partition coefficient (Wildman–Crippen LogP) is 2.90. The van der Waals surface area contributed by atoms with Gasteiger partial charge in [0.15, 0.2) is 0 Å². The molecule has 0 saturated carbocycles. The lowest BCUT2D eigenvalue weighted by molar-refractivity contribution is -0.122. The third-order valence-corrected chi connectivity index (χ3v) is 5.61. The van der Waals surface area contributed by atoms with Crippen LogP contribution in [0.3, 0.4) is 0 Å². The predicted molar refractivity (Wildman–Crippen MR) is 111 cm³/mol. The zero-order valence-corrected chi connectivity index (χ0v) is 16.4. The van der Waals surface area contributed by atoms with Gasteiger partial charge in [0.25, 0.3) is 0 Å². The van der Waals surface area contributed by atoms with Crippen LogP contribution in [0.1, 0.15) is 24.4 Å². The Morgan fingerprint density at radius 2 is 2.11 bits per heavy atom. The van der Waals surface area contributed by atoms with Crippen molar-refractivity contribution in [3.63, 3.8) is 0 Å². The minimum Gasteiger partial charge on any atom is -0.352 e. The van der Waals surface area contributed by atoms with Crippen molar-refractivity contribution < 1.29 is 4.79 Å². The first-order chi connectivity index (χ1) is 12.7. The molecule has 27 heavy (non-hydrogen) atoms. The molecule has 142 valence electrons. The molecule has 2 aromatic heterocycles. The largest absolute Gasteiger partial charge is 0.352 e. The van der Waals surface area contributed by atoms with Crippen molar-refractivity contribution >= 4 is 45.7 Å². The summed E-state index contributed by atoms with van der Waals surface area (Å²) < 4.78 is 0. The Bertz CT molecular complexity index is 903. The molecule has 6 nitrogen and oxygen atoms in total. The fraction of sp³-hybridized carbons (Fsp3) is 0.316. The Hall–Kier alpha value is -2.22. The second-order valence-electron chi connectivity index (χ2n) is 6.45. The highest BCUT2D eigenvalue weighted by atomic mass is 35.5. The van der Waals surface area contributed by atoms with Crippen molar-refractivity contribution in [1.82, 2.24) is 15.3 Å². The highest BCUT2D eigenvalue weighted by molar-refractivity contribution is 7.16. The van der Waals surface area contributed by atoms with Crippen molar-refractivity contribution in [3.05, 3.63) is 53.7 Å². The van der Waals surface area contributed by atoms with Gasteiger partial charge < -0.3 is 16.0 Å². The number of halogens is 1. The molecule has 0 aliphatic carbocycles. The maximum absolute atomic E-state index is 12.8.